The number of carbonyl (C=O) groups excluding carboxylic acids is 1. The molecule has 0 atom stereocenters. The number of ether oxygens (including phenoxy) is 1. The fourth-order valence-corrected chi connectivity index (χ4v) is 6.87. The molecule has 0 spiro atoms. The molecule has 1 aliphatic rings. The SMILES string of the molecule is CC(C)(C)c1cc(NC(=O)NCc2ccccc2Sc2ccc3nnc(-c4ccc(CN5CCOCC5)cc4)n3c2)n(-c2ccc(Cl)c(O)c2)n1. The summed E-state index contributed by atoms with van der Waals surface area (Å²) in [4.78, 5) is 17.7. The van der Waals surface area contributed by atoms with Crippen molar-refractivity contribution in [1.82, 2.24) is 34.6 Å². The highest BCUT2D eigenvalue weighted by Gasteiger charge is 2.22. The number of rotatable bonds is 9. The smallest absolute Gasteiger partial charge is 0.320 e. The first-order valence-corrected chi connectivity index (χ1v) is 17.9. The number of aromatic nitrogens is 5. The van der Waals surface area contributed by atoms with Gasteiger partial charge in [-0.25, -0.2) is 9.48 Å². The molecule has 13 heteroatoms. The number of phenolic OH excluding ortho intramolecular Hbond substituents is 1. The van der Waals surface area contributed by atoms with Gasteiger partial charge in [-0.1, -0.05) is 86.6 Å². The van der Waals surface area contributed by atoms with Crippen molar-refractivity contribution in [3.8, 4) is 22.8 Å². The lowest BCUT2D eigenvalue weighted by atomic mass is 9.92. The summed E-state index contributed by atoms with van der Waals surface area (Å²) in [6, 6.07) is 26.8. The Morgan fingerprint density at radius 3 is 2.53 bits per heavy atom. The fraction of sp³-hybridized carbons (Fsp3) is 0.263. The molecule has 3 N–H and O–H groups in total. The molecule has 0 saturated carbocycles. The quantitative estimate of drug-likeness (QED) is 0.140. The van der Waals surface area contributed by atoms with E-state index < -0.39 is 0 Å². The van der Waals surface area contributed by atoms with E-state index in [1.165, 1.54) is 11.6 Å². The summed E-state index contributed by atoms with van der Waals surface area (Å²) in [5.41, 5.74) is 5.06. The number of hydrogen-bond donors (Lipinski definition) is 3. The summed E-state index contributed by atoms with van der Waals surface area (Å²) in [7, 11) is 0. The van der Waals surface area contributed by atoms with Crippen molar-refractivity contribution in [3.63, 3.8) is 0 Å². The Hall–Kier alpha value is -4.88. The largest absolute Gasteiger partial charge is 0.506 e. The van der Waals surface area contributed by atoms with Gasteiger partial charge in [0, 0.05) is 65.3 Å². The van der Waals surface area contributed by atoms with Crippen molar-refractivity contribution in [3.05, 3.63) is 113 Å². The Morgan fingerprint density at radius 1 is 0.980 bits per heavy atom. The number of nitrogens with zero attached hydrogens (tertiary/aromatic N) is 6. The van der Waals surface area contributed by atoms with Crippen LogP contribution < -0.4 is 10.6 Å². The molecule has 6 aromatic rings. The molecule has 0 unspecified atom stereocenters. The maximum atomic E-state index is 13.3. The number of benzene rings is 3. The number of hydrogen-bond acceptors (Lipinski definition) is 8. The Kier molecular flexibility index (Phi) is 10.0. The highest BCUT2D eigenvalue weighted by molar-refractivity contribution is 7.99. The highest BCUT2D eigenvalue weighted by atomic mass is 35.5. The third-order valence-corrected chi connectivity index (χ3v) is 10.0. The number of halogens is 1. The van der Waals surface area contributed by atoms with Crippen LogP contribution in [0.1, 0.15) is 37.6 Å². The van der Waals surface area contributed by atoms with Crippen molar-refractivity contribution < 1.29 is 14.6 Å². The minimum Gasteiger partial charge on any atom is -0.506 e. The number of amides is 2. The van der Waals surface area contributed by atoms with Gasteiger partial charge in [-0.15, -0.1) is 10.2 Å². The molecule has 7 rings (SSSR count). The van der Waals surface area contributed by atoms with Gasteiger partial charge in [0.15, 0.2) is 11.5 Å². The number of nitrogens with one attached hydrogen (secondary N) is 2. The number of carbonyl (C=O) groups is 1. The van der Waals surface area contributed by atoms with E-state index >= 15 is 0 Å². The van der Waals surface area contributed by atoms with Crippen LogP contribution in [0, 0.1) is 0 Å². The second-order valence-corrected chi connectivity index (χ2v) is 15.0. The van der Waals surface area contributed by atoms with Crippen LogP contribution in [0.5, 0.6) is 5.75 Å². The van der Waals surface area contributed by atoms with Crippen LogP contribution in [0.2, 0.25) is 5.02 Å². The minimum atomic E-state index is -0.388. The first-order chi connectivity index (χ1) is 24.6. The lowest BCUT2D eigenvalue weighted by Gasteiger charge is -2.26. The first kappa shape index (κ1) is 34.6. The summed E-state index contributed by atoms with van der Waals surface area (Å²) in [6.45, 7) is 10.8. The molecule has 1 fully saturated rings. The number of morpholine rings is 1. The molecule has 3 aromatic heterocycles. The van der Waals surface area contributed by atoms with Gasteiger partial charge in [0.25, 0.3) is 0 Å². The van der Waals surface area contributed by atoms with Gasteiger partial charge in [-0.2, -0.15) is 5.10 Å². The highest BCUT2D eigenvalue weighted by Crippen LogP contribution is 2.33. The molecule has 11 nitrogen and oxygen atoms in total. The second-order valence-electron chi connectivity index (χ2n) is 13.4. The Bertz CT molecular complexity index is 2170. The summed E-state index contributed by atoms with van der Waals surface area (Å²) < 4.78 is 9.09. The molecule has 0 bridgehead atoms. The third kappa shape index (κ3) is 8.04. The van der Waals surface area contributed by atoms with E-state index in [2.05, 4.69) is 56.2 Å². The van der Waals surface area contributed by atoms with Crippen LogP contribution in [0.3, 0.4) is 0 Å². The molecule has 0 aliphatic carbocycles. The lowest BCUT2D eigenvalue weighted by Crippen LogP contribution is -2.35. The molecular weight excluding hydrogens is 684 g/mol. The van der Waals surface area contributed by atoms with Crippen LogP contribution in [-0.2, 0) is 23.2 Å². The maximum Gasteiger partial charge on any atom is 0.320 e. The van der Waals surface area contributed by atoms with E-state index in [0.29, 0.717) is 18.1 Å². The molecule has 262 valence electrons. The zero-order valence-corrected chi connectivity index (χ0v) is 30.2. The molecule has 1 aliphatic heterocycles. The van der Waals surface area contributed by atoms with Crippen molar-refractivity contribution in [2.75, 3.05) is 31.6 Å². The van der Waals surface area contributed by atoms with E-state index in [0.717, 1.165) is 70.9 Å². The third-order valence-electron chi connectivity index (χ3n) is 8.63. The fourth-order valence-electron chi connectivity index (χ4n) is 5.78. The Morgan fingerprint density at radius 2 is 1.76 bits per heavy atom. The van der Waals surface area contributed by atoms with Crippen LogP contribution in [0.15, 0.2) is 101 Å². The van der Waals surface area contributed by atoms with Gasteiger partial charge in [0.05, 0.1) is 29.6 Å². The number of phenols is 1. The monoisotopic (exact) mass is 722 g/mol. The first-order valence-electron chi connectivity index (χ1n) is 16.7. The summed E-state index contributed by atoms with van der Waals surface area (Å²) in [5.74, 6) is 1.17. The van der Waals surface area contributed by atoms with Gasteiger partial charge >= 0.3 is 6.03 Å². The van der Waals surface area contributed by atoms with Gasteiger partial charge in [-0.05, 0) is 41.5 Å². The minimum absolute atomic E-state index is 0.0695. The number of fused-ring (bicyclic) bond motifs is 1. The van der Waals surface area contributed by atoms with Crippen LogP contribution in [0.4, 0.5) is 10.6 Å². The van der Waals surface area contributed by atoms with Crippen LogP contribution in [0.25, 0.3) is 22.7 Å². The number of anilines is 1. The van der Waals surface area contributed by atoms with Gasteiger partial charge in [-0.3, -0.25) is 14.6 Å². The van der Waals surface area contributed by atoms with Crippen molar-refractivity contribution in [1.29, 1.82) is 0 Å². The number of aromatic hydroxyl groups is 1. The summed E-state index contributed by atoms with van der Waals surface area (Å²) >= 11 is 7.65. The van der Waals surface area contributed by atoms with Gasteiger partial charge < -0.3 is 15.2 Å². The zero-order chi connectivity index (χ0) is 35.5. The van der Waals surface area contributed by atoms with Crippen LogP contribution in [-0.4, -0.2) is 66.7 Å². The molecule has 0 radical (unpaired) electrons. The normalized spacial score (nSPS) is 13.8. The Labute approximate surface area is 305 Å². The zero-order valence-electron chi connectivity index (χ0n) is 28.6. The number of urea groups is 1. The summed E-state index contributed by atoms with van der Waals surface area (Å²) in [5, 5.41) is 30.0. The average molecular weight is 723 g/mol. The molecule has 1 saturated heterocycles. The molecule has 51 heavy (non-hydrogen) atoms. The van der Waals surface area contributed by atoms with Crippen molar-refractivity contribution >= 4 is 40.9 Å². The standard InChI is InChI=1S/C38H39ClN8O3S/c1-38(2,3)33-21-35(47(44-33)28-12-14-30(39)31(48)20-28)41-37(49)40-22-27-6-4-5-7-32(27)51-29-13-15-34-42-43-36(46(34)24-29)26-10-8-25(9-11-26)23-45-16-18-50-19-17-45/h4-15,20-21,24,48H,16-19,22-23H2,1-3H3,(H2,40,41,49). The molecular formula is C38H39ClN8O3S. The molecule has 2 amide bonds. The predicted molar refractivity (Wildman–Crippen MR) is 200 cm³/mol. The van der Waals surface area contributed by atoms with Crippen LogP contribution >= 0.6 is 23.4 Å². The van der Waals surface area contributed by atoms with Crippen molar-refractivity contribution in [2.45, 2.75) is 49.1 Å². The maximum absolute atomic E-state index is 13.3. The van der Waals surface area contributed by atoms with Gasteiger partial charge in [0.1, 0.15) is 11.6 Å². The number of pyridine rings is 1. The summed E-state index contributed by atoms with van der Waals surface area (Å²) in [6.07, 6.45) is 2.05. The topological polar surface area (TPSA) is 122 Å². The van der Waals surface area contributed by atoms with E-state index in [4.69, 9.17) is 21.4 Å². The Balaban J connectivity index is 1.04. The lowest BCUT2D eigenvalue weighted by molar-refractivity contribution is 0.0342. The average Bonchev–Trinajstić information content (AvgIpc) is 3.75. The predicted octanol–water partition coefficient (Wildman–Crippen LogP) is 7.54. The second kappa shape index (κ2) is 14.8. The van der Waals surface area contributed by atoms with E-state index in [9.17, 15) is 9.90 Å². The van der Waals surface area contributed by atoms with E-state index in [-0.39, 0.29) is 22.2 Å². The van der Waals surface area contributed by atoms with E-state index in [1.54, 1.807) is 28.6 Å². The molecule has 3 aromatic carbocycles. The van der Waals surface area contributed by atoms with Crippen molar-refractivity contribution in [2.24, 2.45) is 0 Å². The van der Waals surface area contributed by atoms with E-state index in [1.807, 2.05) is 67.6 Å². The molecule has 4 heterocycles. The van der Waals surface area contributed by atoms with Gasteiger partial charge in [0.2, 0.25) is 0 Å².